The van der Waals surface area contributed by atoms with Crippen molar-refractivity contribution in [3.8, 4) is 0 Å². The molecule has 7 heteroatoms. The lowest BCUT2D eigenvalue weighted by molar-refractivity contribution is -0.122. The topological polar surface area (TPSA) is 33.5 Å². The van der Waals surface area contributed by atoms with E-state index >= 15 is 0 Å². The second-order valence-electron chi connectivity index (χ2n) is 5.11. The molecule has 3 nitrogen and oxygen atoms in total. The molecule has 1 aliphatic heterocycles. The van der Waals surface area contributed by atoms with E-state index in [1.54, 1.807) is 11.0 Å². The fourth-order valence-corrected chi connectivity index (χ4v) is 4.16. The molecule has 1 aromatic heterocycles. The van der Waals surface area contributed by atoms with Gasteiger partial charge in [-0.2, -0.15) is 0 Å². The molecule has 1 aliphatic rings. The van der Waals surface area contributed by atoms with E-state index in [0.717, 1.165) is 22.7 Å². The molecule has 0 atom stereocenters. The third kappa shape index (κ3) is 3.36. The van der Waals surface area contributed by atoms with Crippen LogP contribution in [0.5, 0.6) is 0 Å². The minimum absolute atomic E-state index is 0.0776. The third-order valence-electron chi connectivity index (χ3n) is 3.49. The van der Waals surface area contributed by atoms with Gasteiger partial charge in [-0.15, -0.1) is 0 Å². The zero-order chi connectivity index (χ0) is 16.6. The van der Waals surface area contributed by atoms with Crippen LogP contribution in [0.2, 0.25) is 5.02 Å². The molecule has 0 spiro atoms. The predicted molar refractivity (Wildman–Crippen MR) is 104 cm³/mol. The molecular formula is C16H13BrClNO2S2. The molecule has 1 aromatic carbocycles. The molecule has 0 unspecified atom stereocenters. The summed E-state index contributed by atoms with van der Waals surface area (Å²) in [5.74, 6) is 0.405. The van der Waals surface area contributed by atoms with E-state index in [1.165, 1.54) is 11.8 Å². The monoisotopic (exact) mass is 429 g/mol. The number of carbonyl (C=O) groups excluding carboxylic acids is 1. The van der Waals surface area contributed by atoms with Crippen LogP contribution >= 0.6 is 51.5 Å². The lowest BCUT2D eigenvalue weighted by atomic mass is 10.2. The number of thiocarbonyl (C=S) groups is 1. The lowest BCUT2D eigenvalue weighted by Crippen LogP contribution is -2.28. The summed E-state index contributed by atoms with van der Waals surface area (Å²) in [6.45, 7) is 2.74. The summed E-state index contributed by atoms with van der Waals surface area (Å²) >= 11 is 16.4. The number of rotatable bonds is 4. The number of fused-ring (bicyclic) bond motifs is 1. The summed E-state index contributed by atoms with van der Waals surface area (Å²) in [7, 11) is 0. The molecule has 23 heavy (non-hydrogen) atoms. The Morgan fingerprint density at radius 2 is 2.26 bits per heavy atom. The molecule has 0 radical (unpaired) electrons. The van der Waals surface area contributed by atoms with Crippen LogP contribution in [0.15, 0.2) is 32.0 Å². The first-order valence-corrected chi connectivity index (χ1v) is 9.53. The van der Waals surface area contributed by atoms with E-state index in [9.17, 15) is 4.79 Å². The van der Waals surface area contributed by atoms with Gasteiger partial charge in [0.05, 0.1) is 9.93 Å². The van der Waals surface area contributed by atoms with Crippen molar-refractivity contribution in [2.45, 2.75) is 19.8 Å². The van der Waals surface area contributed by atoms with Crippen LogP contribution in [0.3, 0.4) is 0 Å². The lowest BCUT2D eigenvalue weighted by Gasteiger charge is -2.12. The first-order chi connectivity index (χ1) is 11.0. The van der Waals surface area contributed by atoms with Crippen molar-refractivity contribution in [1.29, 1.82) is 0 Å². The standard InChI is InChI=1S/C16H13BrClNO2S2/c1-2-3-6-19-15(20)13(23-16(19)22)8-12-14(18)10-7-9(17)4-5-11(10)21-12/h4-5,7-8H,2-3,6H2,1H3/b13-8-. The second kappa shape index (κ2) is 6.97. The van der Waals surface area contributed by atoms with Crippen LogP contribution in [0.1, 0.15) is 25.5 Å². The van der Waals surface area contributed by atoms with Crippen molar-refractivity contribution in [1.82, 2.24) is 4.90 Å². The van der Waals surface area contributed by atoms with Crippen LogP contribution in [0.25, 0.3) is 17.0 Å². The van der Waals surface area contributed by atoms with Crippen LogP contribution < -0.4 is 0 Å². The molecule has 0 aliphatic carbocycles. The summed E-state index contributed by atoms with van der Waals surface area (Å²) in [6.07, 6.45) is 3.63. The quantitative estimate of drug-likeness (QED) is 0.450. The minimum Gasteiger partial charge on any atom is -0.455 e. The number of thioether (sulfide) groups is 1. The average molecular weight is 431 g/mol. The molecule has 3 rings (SSSR count). The average Bonchev–Trinajstić information content (AvgIpc) is 2.96. The van der Waals surface area contributed by atoms with E-state index in [2.05, 4.69) is 22.9 Å². The van der Waals surface area contributed by atoms with E-state index in [1.807, 2.05) is 18.2 Å². The van der Waals surface area contributed by atoms with Gasteiger partial charge in [-0.3, -0.25) is 9.69 Å². The Kier molecular flexibility index (Phi) is 5.16. The zero-order valence-electron chi connectivity index (χ0n) is 12.3. The summed E-state index contributed by atoms with van der Waals surface area (Å²) in [4.78, 5) is 14.7. The largest absolute Gasteiger partial charge is 0.455 e. The molecule has 0 N–H and O–H groups in total. The molecule has 1 saturated heterocycles. The number of amides is 1. The van der Waals surface area contributed by atoms with Crippen LogP contribution in [-0.4, -0.2) is 21.7 Å². The van der Waals surface area contributed by atoms with E-state index in [4.69, 9.17) is 28.2 Å². The number of hydrogen-bond acceptors (Lipinski definition) is 4. The van der Waals surface area contributed by atoms with Gasteiger partial charge in [0.1, 0.15) is 15.7 Å². The summed E-state index contributed by atoms with van der Waals surface area (Å²) in [5.41, 5.74) is 0.686. The SMILES string of the molecule is CCCCN1C(=O)/C(=C/c2oc3ccc(Br)cc3c2Cl)SC1=S. The van der Waals surface area contributed by atoms with Crippen molar-refractivity contribution in [3.05, 3.63) is 38.4 Å². The molecule has 2 heterocycles. The summed E-state index contributed by atoms with van der Waals surface area (Å²) in [6, 6.07) is 5.62. The fourth-order valence-electron chi connectivity index (χ4n) is 2.28. The Bertz CT molecular complexity index is 831. The van der Waals surface area contributed by atoms with Crippen molar-refractivity contribution in [3.63, 3.8) is 0 Å². The number of halogens is 2. The highest BCUT2D eigenvalue weighted by molar-refractivity contribution is 9.10. The predicted octanol–water partition coefficient (Wildman–Crippen LogP) is 5.85. The second-order valence-corrected chi connectivity index (χ2v) is 8.08. The molecule has 0 bridgehead atoms. The molecular weight excluding hydrogens is 418 g/mol. The first kappa shape index (κ1) is 17.0. The zero-order valence-corrected chi connectivity index (χ0v) is 16.2. The maximum Gasteiger partial charge on any atom is 0.266 e. The van der Waals surface area contributed by atoms with Crippen LogP contribution in [0.4, 0.5) is 0 Å². The molecule has 0 saturated carbocycles. The van der Waals surface area contributed by atoms with Crippen LogP contribution in [-0.2, 0) is 4.79 Å². The smallest absolute Gasteiger partial charge is 0.266 e. The fraction of sp³-hybridized carbons (Fsp3) is 0.250. The van der Waals surface area contributed by atoms with Crippen molar-refractivity contribution in [2.24, 2.45) is 0 Å². The Balaban J connectivity index is 1.94. The maximum atomic E-state index is 12.5. The maximum absolute atomic E-state index is 12.5. The third-order valence-corrected chi connectivity index (χ3v) is 5.75. The Morgan fingerprint density at radius 3 is 3.00 bits per heavy atom. The van der Waals surface area contributed by atoms with Gasteiger partial charge in [-0.1, -0.05) is 64.9 Å². The van der Waals surface area contributed by atoms with Gasteiger partial charge in [-0.25, -0.2) is 0 Å². The van der Waals surface area contributed by atoms with Gasteiger partial charge >= 0.3 is 0 Å². The molecule has 2 aromatic rings. The van der Waals surface area contributed by atoms with Crippen LogP contribution in [0, 0.1) is 0 Å². The molecule has 120 valence electrons. The summed E-state index contributed by atoms with van der Waals surface area (Å²) < 4.78 is 7.27. The Morgan fingerprint density at radius 1 is 1.48 bits per heavy atom. The van der Waals surface area contributed by atoms with Gasteiger partial charge < -0.3 is 4.42 Å². The van der Waals surface area contributed by atoms with Gasteiger partial charge in [0.25, 0.3) is 5.91 Å². The Hall–Kier alpha value is -0.820. The van der Waals surface area contributed by atoms with E-state index < -0.39 is 0 Å². The summed E-state index contributed by atoms with van der Waals surface area (Å²) in [5, 5.41) is 1.31. The van der Waals surface area contributed by atoms with E-state index in [-0.39, 0.29) is 5.91 Å². The highest BCUT2D eigenvalue weighted by Crippen LogP contribution is 2.37. The molecule has 1 amide bonds. The number of benzene rings is 1. The van der Waals surface area contributed by atoms with Gasteiger partial charge in [0.2, 0.25) is 0 Å². The minimum atomic E-state index is -0.0776. The number of carbonyl (C=O) groups is 1. The van der Waals surface area contributed by atoms with Gasteiger partial charge in [-0.05, 0) is 24.6 Å². The number of nitrogens with zero attached hydrogens (tertiary/aromatic N) is 1. The highest BCUT2D eigenvalue weighted by Gasteiger charge is 2.32. The molecule has 1 fully saturated rings. The highest BCUT2D eigenvalue weighted by atomic mass is 79.9. The number of hydrogen-bond donors (Lipinski definition) is 0. The van der Waals surface area contributed by atoms with Crippen molar-refractivity contribution < 1.29 is 9.21 Å². The van der Waals surface area contributed by atoms with Crippen molar-refractivity contribution in [2.75, 3.05) is 6.54 Å². The van der Waals surface area contributed by atoms with Gasteiger partial charge in [0.15, 0.2) is 0 Å². The number of furan rings is 1. The first-order valence-electron chi connectivity index (χ1n) is 7.14. The van der Waals surface area contributed by atoms with E-state index in [0.29, 0.717) is 32.1 Å². The normalized spacial score (nSPS) is 17.0. The van der Waals surface area contributed by atoms with Crippen molar-refractivity contribution >= 4 is 78.8 Å². The van der Waals surface area contributed by atoms with Gasteiger partial charge in [0, 0.05) is 22.5 Å². The Labute approximate surface area is 157 Å². The number of unbranched alkanes of at least 4 members (excludes halogenated alkanes) is 1.